The molecule has 2 rings (SSSR count). The van der Waals surface area contributed by atoms with E-state index >= 15 is 0 Å². The third-order valence-electron chi connectivity index (χ3n) is 2.76. The first-order chi connectivity index (χ1) is 9.47. The normalized spacial score (nSPS) is 11.4. The molecule has 1 N–H and O–H groups in total. The Morgan fingerprint density at radius 2 is 1.80 bits per heavy atom. The highest BCUT2D eigenvalue weighted by atomic mass is 79.9. The fourth-order valence-electron chi connectivity index (χ4n) is 1.75. The maximum Gasteiger partial charge on any atom is 0.417 e. The Kier molecular flexibility index (Phi) is 4.65. The van der Waals surface area contributed by atoms with Crippen molar-refractivity contribution in [2.45, 2.75) is 12.6 Å². The zero-order valence-electron chi connectivity index (χ0n) is 10.4. The molecule has 1 heterocycles. The Hall–Kier alpha value is -1.56. The number of aromatic nitrogens is 1. The van der Waals surface area contributed by atoms with Crippen LogP contribution in [0.1, 0.15) is 11.1 Å². The van der Waals surface area contributed by atoms with E-state index in [0.29, 0.717) is 12.2 Å². The van der Waals surface area contributed by atoms with Crippen LogP contribution in [-0.4, -0.2) is 11.5 Å². The predicted molar refractivity (Wildman–Crippen MR) is 75.6 cm³/mol. The minimum Gasteiger partial charge on any atom is -0.385 e. The number of benzene rings is 1. The van der Waals surface area contributed by atoms with E-state index in [0.717, 1.165) is 18.1 Å². The molecule has 0 amide bonds. The number of nitrogens with one attached hydrogen (secondary N) is 1. The number of alkyl halides is 3. The molecule has 106 valence electrons. The van der Waals surface area contributed by atoms with E-state index in [1.807, 2.05) is 12.1 Å². The second-order valence-electron chi connectivity index (χ2n) is 4.22. The predicted octanol–water partition coefficient (Wildman–Crippen LogP) is 4.52. The quantitative estimate of drug-likeness (QED) is 0.882. The third-order valence-corrected chi connectivity index (χ3v) is 3.46. The van der Waals surface area contributed by atoms with Gasteiger partial charge in [-0.1, -0.05) is 15.9 Å². The molecule has 0 radical (unpaired) electrons. The van der Waals surface area contributed by atoms with Gasteiger partial charge in [0.2, 0.25) is 0 Å². The van der Waals surface area contributed by atoms with E-state index in [4.69, 9.17) is 0 Å². The van der Waals surface area contributed by atoms with Crippen LogP contribution in [0.5, 0.6) is 0 Å². The first kappa shape index (κ1) is 14.8. The van der Waals surface area contributed by atoms with Crippen molar-refractivity contribution in [2.24, 2.45) is 0 Å². The topological polar surface area (TPSA) is 24.9 Å². The lowest BCUT2D eigenvalue weighted by atomic mass is 10.1. The number of pyridine rings is 1. The van der Waals surface area contributed by atoms with Crippen LogP contribution in [0, 0.1) is 0 Å². The van der Waals surface area contributed by atoms with E-state index in [2.05, 4.69) is 26.2 Å². The summed E-state index contributed by atoms with van der Waals surface area (Å²) in [6.45, 7) is 0.558. The van der Waals surface area contributed by atoms with Crippen LogP contribution in [0.25, 0.3) is 0 Å². The fraction of sp³-hybridized carbons (Fsp3) is 0.214. The summed E-state index contributed by atoms with van der Waals surface area (Å²) in [7, 11) is 0. The second-order valence-corrected chi connectivity index (χ2v) is 5.08. The molecule has 0 spiro atoms. The molecule has 0 saturated carbocycles. The van der Waals surface area contributed by atoms with Gasteiger partial charge in [-0.15, -0.1) is 0 Å². The Balaban J connectivity index is 2.00. The van der Waals surface area contributed by atoms with Gasteiger partial charge in [0.25, 0.3) is 0 Å². The number of hydrogen-bond donors (Lipinski definition) is 1. The fourth-order valence-corrected chi connectivity index (χ4v) is 2.22. The summed E-state index contributed by atoms with van der Waals surface area (Å²) < 4.78 is 38.3. The van der Waals surface area contributed by atoms with Crippen molar-refractivity contribution in [1.29, 1.82) is 0 Å². The highest BCUT2D eigenvalue weighted by Crippen LogP contribution is 2.36. The van der Waals surface area contributed by atoms with Crippen LogP contribution >= 0.6 is 15.9 Å². The van der Waals surface area contributed by atoms with Gasteiger partial charge in [-0.2, -0.15) is 13.2 Å². The van der Waals surface area contributed by atoms with Crippen LogP contribution < -0.4 is 5.32 Å². The van der Waals surface area contributed by atoms with Gasteiger partial charge >= 0.3 is 6.18 Å². The van der Waals surface area contributed by atoms with Crippen molar-refractivity contribution in [3.63, 3.8) is 0 Å². The Morgan fingerprint density at radius 3 is 2.45 bits per heavy atom. The summed E-state index contributed by atoms with van der Waals surface area (Å²) in [5, 5.41) is 2.99. The molecule has 2 aromatic rings. The van der Waals surface area contributed by atoms with Gasteiger partial charge in [-0.25, -0.2) is 0 Å². The first-order valence-electron chi connectivity index (χ1n) is 5.96. The average Bonchev–Trinajstić information content (AvgIpc) is 2.40. The van der Waals surface area contributed by atoms with E-state index in [1.54, 1.807) is 18.5 Å². The summed E-state index contributed by atoms with van der Waals surface area (Å²) in [6.07, 6.45) is -0.255. The van der Waals surface area contributed by atoms with E-state index in [9.17, 15) is 13.2 Å². The summed E-state index contributed by atoms with van der Waals surface area (Å²) in [6, 6.07) is 7.88. The molecule has 20 heavy (non-hydrogen) atoms. The van der Waals surface area contributed by atoms with Crippen LogP contribution in [0.3, 0.4) is 0 Å². The molecule has 0 atom stereocenters. The molecule has 0 bridgehead atoms. The number of anilines is 1. The molecular formula is C14H12BrF3N2. The van der Waals surface area contributed by atoms with Crippen LogP contribution in [-0.2, 0) is 12.6 Å². The van der Waals surface area contributed by atoms with Crippen molar-refractivity contribution in [3.8, 4) is 0 Å². The summed E-state index contributed by atoms with van der Waals surface area (Å²) in [5.74, 6) is 0. The minimum atomic E-state index is -4.36. The van der Waals surface area contributed by atoms with Crippen LogP contribution in [0.2, 0.25) is 0 Å². The molecule has 0 saturated heterocycles. The van der Waals surface area contributed by atoms with E-state index in [-0.39, 0.29) is 4.47 Å². The van der Waals surface area contributed by atoms with Crippen LogP contribution in [0.4, 0.5) is 18.9 Å². The van der Waals surface area contributed by atoms with Crippen molar-refractivity contribution < 1.29 is 13.2 Å². The molecule has 0 fully saturated rings. The van der Waals surface area contributed by atoms with Gasteiger partial charge in [0, 0.05) is 29.1 Å². The van der Waals surface area contributed by atoms with Gasteiger partial charge < -0.3 is 5.32 Å². The summed E-state index contributed by atoms with van der Waals surface area (Å²) in [5.41, 5.74) is 0.863. The third kappa shape index (κ3) is 3.96. The monoisotopic (exact) mass is 344 g/mol. The number of halogens is 4. The van der Waals surface area contributed by atoms with Gasteiger partial charge in [-0.05, 0) is 42.3 Å². The van der Waals surface area contributed by atoms with Crippen molar-refractivity contribution >= 4 is 21.6 Å². The second kappa shape index (κ2) is 6.26. The summed E-state index contributed by atoms with van der Waals surface area (Å²) >= 11 is 2.92. The Morgan fingerprint density at radius 1 is 1.10 bits per heavy atom. The largest absolute Gasteiger partial charge is 0.417 e. The van der Waals surface area contributed by atoms with Crippen molar-refractivity contribution in [2.75, 3.05) is 11.9 Å². The lowest BCUT2D eigenvalue weighted by Crippen LogP contribution is -2.09. The molecule has 0 aliphatic heterocycles. The molecular weight excluding hydrogens is 333 g/mol. The molecule has 1 aromatic heterocycles. The zero-order valence-corrected chi connectivity index (χ0v) is 12.0. The van der Waals surface area contributed by atoms with Crippen LogP contribution in [0.15, 0.2) is 47.2 Å². The number of rotatable bonds is 4. The SMILES string of the molecule is FC(F)(F)c1cc(NCCc2ccncc2)ccc1Br. The van der Waals surface area contributed by atoms with Gasteiger partial charge in [0.15, 0.2) is 0 Å². The van der Waals surface area contributed by atoms with E-state index in [1.165, 1.54) is 6.07 Å². The Labute approximate surface area is 123 Å². The number of nitrogens with zero attached hydrogens (tertiary/aromatic N) is 1. The van der Waals surface area contributed by atoms with Gasteiger partial charge in [-0.3, -0.25) is 4.98 Å². The molecule has 0 aliphatic rings. The van der Waals surface area contributed by atoms with E-state index < -0.39 is 11.7 Å². The van der Waals surface area contributed by atoms with Crippen molar-refractivity contribution in [1.82, 2.24) is 4.98 Å². The highest BCUT2D eigenvalue weighted by molar-refractivity contribution is 9.10. The van der Waals surface area contributed by atoms with Gasteiger partial charge in [0.05, 0.1) is 5.56 Å². The number of hydrogen-bond acceptors (Lipinski definition) is 2. The molecule has 0 aliphatic carbocycles. The first-order valence-corrected chi connectivity index (χ1v) is 6.75. The molecule has 1 aromatic carbocycles. The smallest absolute Gasteiger partial charge is 0.385 e. The minimum absolute atomic E-state index is 0.0460. The maximum absolute atomic E-state index is 12.8. The zero-order chi connectivity index (χ0) is 14.6. The molecule has 6 heteroatoms. The molecule has 0 unspecified atom stereocenters. The molecule has 2 nitrogen and oxygen atoms in total. The highest BCUT2D eigenvalue weighted by Gasteiger charge is 2.33. The standard InChI is InChI=1S/C14H12BrF3N2/c15-13-2-1-11(9-12(13)14(16,17)18)20-8-5-10-3-6-19-7-4-10/h1-4,6-7,9,20H,5,8H2. The Bertz CT molecular complexity index is 570. The maximum atomic E-state index is 12.8. The summed E-state index contributed by atoms with van der Waals surface area (Å²) in [4.78, 5) is 3.91. The van der Waals surface area contributed by atoms with Crippen molar-refractivity contribution in [3.05, 3.63) is 58.3 Å². The van der Waals surface area contributed by atoms with Gasteiger partial charge in [0.1, 0.15) is 0 Å². The lowest BCUT2D eigenvalue weighted by Gasteiger charge is -2.12. The average molecular weight is 345 g/mol. The lowest BCUT2D eigenvalue weighted by molar-refractivity contribution is -0.138.